The van der Waals surface area contributed by atoms with Crippen LogP contribution in [0.2, 0.25) is 5.02 Å². The summed E-state index contributed by atoms with van der Waals surface area (Å²) in [6, 6.07) is 22.9. The summed E-state index contributed by atoms with van der Waals surface area (Å²) in [5.41, 5.74) is 2.33. The van der Waals surface area contributed by atoms with Crippen LogP contribution in [0, 0.1) is 10.1 Å². The number of aliphatic carboxylic acids is 1. The first kappa shape index (κ1) is 30.4. The molecule has 44 heavy (non-hydrogen) atoms. The fraction of sp³-hybridized carbons (Fsp3) is 0.194. The third-order valence-corrected chi connectivity index (χ3v) is 7.50. The van der Waals surface area contributed by atoms with E-state index in [1.807, 2.05) is 42.5 Å². The highest BCUT2D eigenvalue weighted by Gasteiger charge is 2.32. The van der Waals surface area contributed by atoms with Crippen LogP contribution in [0.15, 0.2) is 83.5 Å². The zero-order valence-electron chi connectivity index (χ0n) is 23.4. The first-order valence-electron chi connectivity index (χ1n) is 13.4. The van der Waals surface area contributed by atoms with Gasteiger partial charge in [0.2, 0.25) is 5.75 Å². The number of aliphatic hydroxyl groups excluding tert-OH is 1. The van der Waals surface area contributed by atoms with Gasteiger partial charge in [-0.15, -0.1) is 0 Å². The van der Waals surface area contributed by atoms with Crippen molar-refractivity contribution in [1.82, 2.24) is 15.6 Å². The van der Waals surface area contributed by atoms with Gasteiger partial charge >= 0.3 is 11.7 Å². The monoisotopic (exact) mass is 618 g/mol. The largest absolute Gasteiger partial charge is 0.488 e. The van der Waals surface area contributed by atoms with E-state index in [9.17, 15) is 25.1 Å². The van der Waals surface area contributed by atoms with Crippen LogP contribution in [-0.2, 0) is 24.6 Å². The lowest BCUT2D eigenvalue weighted by atomic mass is 10.0. The summed E-state index contributed by atoms with van der Waals surface area (Å²) >= 11 is 6.71. The Balaban J connectivity index is 1.46. The number of halogens is 1. The molecular weight excluding hydrogens is 592 g/mol. The standard InChI is InChI=1S/C31H27ClN4O8/c1-31(18-37,30(38)39)33-15-22-13-26(36(40)41)28(14-27(22)42-16-19-10-11-24-25(12-19)35-44-34-24)43-17-21-8-5-9-23(29(21)32)20-6-3-2-4-7-20/h2-14,33,37H,15-18H2,1H3,(H,38,39). The van der Waals surface area contributed by atoms with Crippen molar-refractivity contribution < 1.29 is 34.0 Å². The second-order valence-corrected chi connectivity index (χ2v) is 10.5. The Morgan fingerprint density at radius 3 is 2.45 bits per heavy atom. The lowest BCUT2D eigenvalue weighted by molar-refractivity contribution is -0.386. The summed E-state index contributed by atoms with van der Waals surface area (Å²) < 4.78 is 16.8. The molecule has 0 fully saturated rings. The van der Waals surface area contributed by atoms with E-state index in [0.29, 0.717) is 27.2 Å². The van der Waals surface area contributed by atoms with E-state index >= 15 is 0 Å². The van der Waals surface area contributed by atoms with Gasteiger partial charge in [-0.1, -0.05) is 66.2 Å². The van der Waals surface area contributed by atoms with Crippen LogP contribution < -0.4 is 14.8 Å². The number of carboxylic acid groups (broad SMARTS) is 1. The summed E-state index contributed by atoms with van der Waals surface area (Å²) in [6.45, 7) is 0.382. The maximum absolute atomic E-state index is 12.1. The molecule has 0 saturated carbocycles. The van der Waals surface area contributed by atoms with Crippen LogP contribution in [0.1, 0.15) is 23.6 Å². The van der Waals surface area contributed by atoms with Crippen molar-refractivity contribution in [1.29, 1.82) is 0 Å². The van der Waals surface area contributed by atoms with Crippen LogP contribution in [0.25, 0.3) is 22.2 Å². The average Bonchev–Trinajstić information content (AvgIpc) is 3.50. The van der Waals surface area contributed by atoms with Crippen LogP contribution >= 0.6 is 11.6 Å². The number of nitro groups is 1. The predicted octanol–water partition coefficient (Wildman–Crippen LogP) is 5.53. The Labute approximate surface area is 255 Å². The first-order valence-corrected chi connectivity index (χ1v) is 13.8. The third-order valence-electron chi connectivity index (χ3n) is 7.06. The summed E-state index contributed by atoms with van der Waals surface area (Å²) in [6.07, 6.45) is 0. The smallest absolute Gasteiger partial charge is 0.326 e. The molecule has 0 spiro atoms. The minimum atomic E-state index is -1.70. The summed E-state index contributed by atoms with van der Waals surface area (Å²) in [5.74, 6) is -1.17. The van der Waals surface area contributed by atoms with Crippen molar-refractivity contribution in [2.24, 2.45) is 0 Å². The number of fused-ring (bicyclic) bond motifs is 1. The number of nitrogens with zero attached hydrogens (tertiary/aromatic N) is 3. The van der Waals surface area contributed by atoms with E-state index in [-0.39, 0.29) is 42.5 Å². The molecule has 5 aromatic rings. The molecule has 0 bridgehead atoms. The topological polar surface area (TPSA) is 170 Å². The Kier molecular flexibility index (Phi) is 9.04. The van der Waals surface area contributed by atoms with Gasteiger partial charge in [0.05, 0.1) is 16.6 Å². The molecule has 13 heteroatoms. The van der Waals surface area contributed by atoms with Crippen molar-refractivity contribution in [2.75, 3.05) is 6.61 Å². The first-order chi connectivity index (χ1) is 21.2. The number of rotatable bonds is 13. The van der Waals surface area contributed by atoms with Crippen molar-refractivity contribution in [3.05, 3.63) is 111 Å². The maximum Gasteiger partial charge on any atom is 0.326 e. The fourth-order valence-corrected chi connectivity index (χ4v) is 4.67. The second-order valence-electron chi connectivity index (χ2n) is 10.1. The van der Waals surface area contributed by atoms with Gasteiger partial charge in [-0.05, 0) is 40.5 Å². The number of aromatic nitrogens is 2. The van der Waals surface area contributed by atoms with Gasteiger partial charge in [0.1, 0.15) is 35.5 Å². The molecule has 0 aliphatic heterocycles. The van der Waals surface area contributed by atoms with E-state index in [2.05, 4.69) is 15.6 Å². The van der Waals surface area contributed by atoms with E-state index in [1.165, 1.54) is 19.1 Å². The molecule has 1 heterocycles. The number of carboxylic acids is 1. The third kappa shape index (κ3) is 6.62. The maximum atomic E-state index is 12.1. The molecule has 3 N–H and O–H groups in total. The number of nitrogens with one attached hydrogen (secondary N) is 1. The zero-order valence-corrected chi connectivity index (χ0v) is 24.2. The predicted molar refractivity (Wildman–Crippen MR) is 160 cm³/mol. The highest BCUT2D eigenvalue weighted by atomic mass is 35.5. The molecule has 226 valence electrons. The van der Waals surface area contributed by atoms with Crippen molar-refractivity contribution in [3.63, 3.8) is 0 Å². The molecule has 1 atom stereocenters. The average molecular weight is 619 g/mol. The number of nitro benzene ring substituents is 1. The Hall–Kier alpha value is -5.04. The molecule has 1 aromatic heterocycles. The fourth-order valence-electron chi connectivity index (χ4n) is 4.38. The molecule has 0 saturated heterocycles. The van der Waals surface area contributed by atoms with Crippen molar-refractivity contribution in [3.8, 4) is 22.6 Å². The van der Waals surface area contributed by atoms with E-state index < -0.39 is 23.0 Å². The van der Waals surface area contributed by atoms with Gasteiger partial charge in [-0.2, -0.15) is 0 Å². The van der Waals surface area contributed by atoms with Crippen molar-refractivity contribution in [2.45, 2.75) is 32.2 Å². The summed E-state index contributed by atoms with van der Waals surface area (Å²) in [7, 11) is 0. The number of hydrogen-bond acceptors (Lipinski definition) is 10. The minimum absolute atomic E-state index is 0.0359. The Morgan fingerprint density at radius 2 is 1.73 bits per heavy atom. The normalized spacial score (nSPS) is 12.5. The highest BCUT2D eigenvalue weighted by Crippen LogP contribution is 2.37. The minimum Gasteiger partial charge on any atom is -0.488 e. The summed E-state index contributed by atoms with van der Waals surface area (Å²) in [4.78, 5) is 23.3. The molecule has 0 aliphatic rings. The molecule has 0 aliphatic carbocycles. The van der Waals surface area contributed by atoms with Crippen LogP contribution in [0.3, 0.4) is 0 Å². The van der Waals surface area contributed by atoms with E-state index in [1.54, 1.807) is 24.3 Å². The quantitative estimate of drug-likeness (QED) is 0.112. The van der Waals surface area contributed by atoms with Gasteiger partial charge in [0.25, 0.3) is 0 Å². The van der Waals surface area contributed by atoms with Gasteiger partial charge in [-0.3, -0.25) is 20.2 Å². The van der Waals surface area contributed by atoms with Gasteiger partial charge in [0, 0.05) is 35.4 Å². The SMILES string of the molecule is CC(CO)(NCc1cc([N+](=O)[O-])c(OCc2cccc(-c3ccccc3)c2Cl)cc1OCc1ccc2nonc2c1)C(=O)O. The summed E-state index contributed by atoms with van der Waals surface area (Å²) in [5, 5.41) is 42.2. The molecule has 0 radical (unpaired) electrons. The van der Waals surface area contributed by atoms with Crippen LogP contribution in [0.4, 0.5) is 5.69 Å². The van der Waals surface area contributed by atoms with E-state index in [4.69, 9.17) is 25.7 Å². The van der Waals surface area contributed by atoms with Crippen molar-refractivity contribution >= 4 is 34.3 Å². The molecule has 1 unspecified atom stereocenters. The number of aliphatic hydroxyl groups is 1. The number of carbonyl (C=O) groups is 1. The molecule has 0 amide bonds. The highest BCUT2D eigenvalue weighted by molar-refractivity contribution is 6.34. The van der Waals surface area contributed by atoms with Gasteiger partial charge < -0.3 is 19.7 Å². The lowest BCUT2D eigenvalue weighted by Gasteiger charge is -2.24. The molecular formula is C31H27ClN4O8. The zero-order chi connectivity index (χ0) is 31.3. The number of hydrogen-bond donors (Lipinski definition) is 3. The Bertz CT molecular complexity index is 1810. The van der Waals surface area contributed by atoms with Crippen LogP contribution in [-0.4, -0.2) is 43.6 Å². The Morgan fingerprint density at radius 1 is 0.977 bits per heavy atom. The molecule has 4 aromatic carbocycles. The lowest BCUT2D eigenvalue weighted by Crippen LogP contribution is -2.52. The number of benzene rings is 4. The second kappa shape index (κ2) is 13.1. The van der Waals surface area contributed by atoms with Crippen LogP contribution in [0.5, 0.6) is 11.5 Å². The molecule has 12 nitrogen and oxygen atoms in total. The van der Waals surface area contributed by atoms with Gasteiger partial charge in [-0.25, -0.2) is 4.63 Å². The van der Waals surface area contributed by atoms with E-state index in [0.717, 1.165) is 11.1 Å². The van der Waals surface area contributed by atoms with Gasteiger partial charge in [0.15, 0.2) is 0 Å². The number of ether oxygens (including phenoxy) is 2. The molecule has 5 rings (SSSR count).